The van der Waals surface area contributed by atoms with Crippen LogP contribution in [0.4, 0.5) is 10.1 Å². The lowest BCUT2D eigenvalue weighted by Crippen LogP contribution is -2.23. The van der Waals surface area contributed by atoms with Gasteiger partial charge in [-0.25, -0.2) is 4.39 Å². The molecule has 4 heteroatoms. The summed E-state index contributed by atoms with van der Waals surface area (Å²) in [5.74, 6) is -0.723. The fourth-order valence-electron chi connectivity index (χ4n) is 2.15. The molecule has 104 valence electrons. The maximum Gasteiger partial charge on any atom is 0.164 e. The second-order valence-electron chi connectivity index (χ2n) is 4.72. The Morgan fingerprint density at radius 3 is 2.60 bits per heavy atom. The minimum Gasteiger partial charge on any atom is -0.374 e. The molecule has 0 bridgehead atoms. The number of aromatic nitrogens is 1. The Hall–Kier alpha value is -2.23. The monoisotopic (exact) mass is 272 g/mol. The minimum absolute atomic E-state index is 0.157. The number of hydrogen-bond donors (Lipinski definition) is 0. The zero-order chi connectivity index (χ0) is 14.5. The molecule has 0 fully saturated rings. The van der Waals surface area contributed by atoms with E-state index >= 15 is 0 Å². The van der Waals surface area contributed by atoms with Crippen LogP contribution in [0.2, 0.25) is 0 Å². The first kappa shape index (κ1) is 14.2. The van der Waals surface area contributed by atoms with Gasteiger partial charge in [-0.05, 0) is 43.2 Å². The van der Waals surface area contributed by atoms with Gasteiger partial charge in [0.25, 0.3) is 0 Å². The topological polar surface area (TPSA) is 33.2 Å². The second-order valence-corrected chi connectivity index (χ2v) is 4.72. The van der Waals surface area contributed by atoms with Crippen LogP contribution in [0, 0.1) is 5.82 Å². The van der Waals surface area contributed by atoms with Crippen LogP contribution in [0.15, 0.2) is 42.7 Å². The van der Waals surface area contributed by atoms with Crippen LogP contribution < -0.4 is 4.90 Å². The number of ketones is 1. The number of rotatable bonds is 5. The fourth-order valence-corrected chi connectivity index (χ4v) is 2.15. The van der Waals surface area contributed by atoms with Crippen LogP contribution in [0.1, 0.15) is 22.8 Å². The predicted octanol–water partition coefficient (Wildman–Crippen LogP) is 3.10. The molecule has 1 aromatic carbocycles. The molecule has 2 rings (SSSR count). The zero-order valence-corrected chi connectivity index (χ0v) is 11.6. The Bertz CT molecular complexity index is 599. The Kier molecular flexibility index (Phi) is 4.45. The van der Waals surface area contributed by atoms with Gasteiger partial charge in [-0.1, -0.05) is 6.07 Å². The lowest BCUT2D eigenvalue weighted by atomic mass is 10.1. The third kappa shape index (κ3) is 3.20. The van der Waals surface area contributed by atoms with E-state index in [2.05, 4.69) is 4.98 Å². The van der Waals surface area contributed by atoms with E-state index in [0.29, 0.717) is 12.2 Å². The standard InChI is InChI=1S/C16H17FN2O/c1-12(20)16-14(17)4-3-5-15(16)19(2)11-8-13-6-9-18-10-7-13/h3-7,9-10H,8,11H2,1-2H3. The van der Waals surface area contributed by atoms with Crippen molar-refractivity contribution in [3.05, 3.63) is 59.7 Å². The van der Waals surface area contributed by atoms with Crippen LogP contribution in [-0.2, 0) is 6.42 Å². The van der Waals surface area contributed by atoms with Gasteiger partial charge in [0.05, 0.1) is 11.3 Å². The summed E-state index contributed by atoms with van der Waals surface area (Å²) in [6, 6.07) is 8.61. The number of halogens is 1. The molecular weight excluding hydrogens is 255 g/mol. The van der Waals surface area contributed by atoms with E-state index in [1.165, 1.54) is 13.0 Å². The molecule has 20 heavy (non-hydrogen) atoms. The highest BCUT2D eigenvalue weighted by Crippen LogP contribution is 2.23. The van der Waals surface area contributed by atoms with Gasteiger partial charge >= 0.3 is 0 Å². The molecule has 0 radical (unpaired) electrons. The Balaban J connectivity index is 2.15. The highest BCUT2D eigenvalue weighted by Gasteiger charge is 2.15. The molecule has 0 saturated carbocycles. The van der Waals surface area contributed by atoms with Crippen molar-refractivity contribution in [1.82, 2.24) is 4.98 Å². The number of anilines is 1. The fraction of sp³-hybridized carbons (Fsp3) is 0.250. The lowest BCUT2D eigenvalue weighted by Gasteiger charge is -2.22. The maximum absolute atomic E-state index is 13.8. The highest BCUT2D eigenvalue weighted by atomic mass is 19.1. The van der Waals surface area contributed by atoms with E-state index in [1.807, 2.05) is 24.1 Å². The van der Waals surface area contributed by atoms with Crippen molar-refractivity contribution < 1.29 is 9.18 Å². The molecule has 0 atom stereocenters. The largest absolute Gasteiger partial charge is 0.374 e. The van der Waals surface area contributed by atoms with E-state index in [0.717, 1.165) is 12.0 Å². The number of likely N-dealkylation sites (N-methyl/N-ethyl adjacent to an activating group) is 1. The zero-order valence-electron chi connectivity index (χ0n) is 11.6. The van der Waals surface area contributed by atoms with Crippen molar-refractivity contribution in [3.8, 4) is 0 Å². The van der Waals surface area contributed by atoms with Crippen LogP contribution in [0.25, 0.3) is 0 Å². The van der Waals surface area contributed by atoms with Gasteiger partial charge in [0, 0.05) is 26.0 Å². The molecule has 0 aliphatic carbocycles. The normalized spacial score (nSPS) is 10.3. The Morgan fingerprint density at radius 2 is 1.95 bits per heavy atom. The number of benzene rings is 1. The van der Waals surface area contributed by atoms with E-state index in [1.54, 1.807) is 24.5 Å². The summed E-state index contributed by atoms with van der Waals surface area (Å²) < 4.78 is 13.8. The highest BCUT2D eigenvalue weighted by molar-refractivity contribution is 6.00. The average Bonchev–Trinajstić information content (AvgIpc) is 2.45. The predicted molar refractivity (Wildman–Crippen MR) is 77.6 cm³/mol. The van der Waals surface area contributed by atoms with E-state index in [4.69, 9.17) is 0 Å². The first-order valence-electron chi connectivity index (χ1n) is 6.49. The molecule has 1 heterocycles. The molecule has 0 aliphatic rings. The van der Waals surface area contributed by atoms with Crippen molar-refractivity contribution in [1.29, 1.82) is 0 Å². The molecule has 1 aromatic heterocycles. The summed E-state index contributed by atoms with van der Waals surface area (Å²) in [6.45, 7) is 2.09. The van der Waals surface area contributed by atoms with E-state index in [-0.39, 0.29) is 11.3 Å². The molecule has 2 aromatic rings. The van der Waals surface area contributed by atoms with Gasteiger partial charge in [-0.2, -0.15) is 0 Å². The quantitative estimate of drug-likeness (QED) is 0.784. The number of nitrogens with zero attached hydrogens (tertiary/aromatic N) is 2. The van der Waals surface area contributed by atoms with Gasteiger partial charge in [-0.15, -0.1) is 0 Å². The summed E-state index contributed by atoms with van der Waals surface area (Å²) in [5.41, 5.74) is 1.95. The Labute approximate surface area is 118 Å². The molecule has 0 N–H and O–H groups in total. The van der Waals surface area contributed by atoms with Crippen LogP contribution in [-0.4, -0.2) is 24.4 Å². The molecule has 0 spiro atoms. The number of Topliss-reactive ketones (excluding diaryl/α,β-unsaturated/α-hetero) is 1. The molecule has 3 nitrogen and oxygen atoms in total. The number of pyridine rings is 1. The first-order valence-corrected chi connectivity index (χ1v) is 6.49. The summed E-state index contributed by atoms with van der Waals surface area (Å²) in [6.07, 6.45) is 4.31. The van der Waals surface area contributed by atoms with Gasteiger partial charge < -0.3 is 4.90 Å². The molecule has 0 amide bonds. The number of hydrogen-bond acceptors (Lipinski definition) is 3. The van der Waals surface area contributed by atoms with Crippen molar-refractivity contribution in [2.45, 2.75) is 13.3 Å². The van der Waals surface area contributed by atoms with E-state index in [9.17, 15) is 9.18 Å². The second kappa shape index (κ2) is 6.28. The van der Waals surface area contributed by atoms with Crippen molar-refractivity contribution >= 4 is 11.5 Å². The summed E-state index contributed by atoms with van der Waals surface area (Å²) in [7, 11) is 1.86. The average molecular weight is 272 g/mol. The van der Waals surface area contributed by atoms with Gasteiger partial charge in [0.2, 0.25) is 0 Å². The molecule has 0 aliphatic heterocycles. The van der Waals surface area contributed by atoms with Crippen molar-refractivity contribution in [2.75, 3.05) is 18.5 Å². The van der Waals surface area contributed by atoms with E-state index < -0.39 is 5.82 Å². The summed E-state index contributed by atoms with van der Waals surface area (Å²) in [4.78, 5) is 17.5. The van der Waals surface area contributed by atoms with Crippen molar-refractivity contribution in [2.24, 2.45) is 0 Å². The third-order valence-electron chi connectivity index (χ3n) is 3.24. The van der Waals surface area contributed by atoms with Crippen LogP contribution >= 0.6 is 0 Å². The SMILES string of the molecule is CC(=O)c1c(F)cccc1N(C)CCc1ccncc1. The van der Waals surface area contributed by atoms with Crippen molar-refractivity contribution in [3.63, 3.8) is 0 Å². The summed E-state index contributed by atoms with van der Waals surface area (Å²) in [5, 5.41) is 0. The Morgan fingerprint density at radius 1 is 1.25 bits per heavy atom. The minimum atomic E-state index is -0.467. The smallest absolute Gasteiger partial charge is 0.164 e. The van der Waals surface area contributed by atoms with Crippen LogP contribution in [0.3, 0.4) is 0 Å². The summed E-state index contributed by atoms with van der Waals surface area (Å²) >= 11 is 0. The van der Waals surface area contributed by atoms with Gasteiger partial charge in [0.15, 0.2) is 5.78 Å². The lowest BCUT2D eigenvalue weighted by molar-refractivity contribution is 0.101. The first-order chi connectivity index (χ1) is 9.59. The maximum atomic E-state index is 13.8. The molecule has 0 unspecified atom stereocenters. The molecule has 0 saturated heterocycles. The van der Waals surface area contributed by atoms with Crippen LogP contribution in [0.5, 0.6) is 0 Å². The number of carbonyl (C=O) groups is 1. The number of carbonyl (C=O) groups excluding carboxylic acids is 1. The van der Waals surface area contributed by atoms with Gasteiger partial charge in [-0.3, -0.25) is 9.78 Å². The molecular formula is C16H17FN2O. The third-order valence-corrected chi connectivity index (χ3v) is 3.24. The van der Waals surface area contributed by atoms with Gasteiger partial charge in [0.1, 0.15) is 5.82 Å².